The first-order valence-electron chi connectivity index (χ1n) is 15.7. The van der Waals surface area contributed by atoms with Gasteiger partial charge in [0.2, 0.25) is 11.8 Å². The molecule has 1 heterocycles. The molecule has 0 aliphatic carbocycles. The minimum atomic E-state index is -1.10. The maximum Gasteiger partial charge on any atom is 0.303 e. The summed E-state index contributed by atoms with van der Waals surface area (Å²) in [6, 6.07) is 24.9. The number of aliphatic carboxylic acids is 2. The topological polar surface area (TPSA) is 232 Å². The van der Waals surface area contributed by atoms with Crippen LogP contribution >= 0.6 is 0 Å². The number of anilines is 2. The van der Waals surface area contributed by atoms with Crippen LogP contribution in [0.15, 0.2) is 97.1 Å². The number of carbonyl (C=O) groups excluding carboxylic acids is 2. The van der Waals surface area contributed by atoms with Crippen LogP contribution in [0.25, 0.3) is 0 Å². The number of nitrogens with one attached hydrogen (secondary N) is 2. The average Bonchev–Trinajstić information content (AvgIpc) is 3.89. The molecule has 5 rings (SSSR count). The lowest BCUT2D eigenvalue weighted by Crippen LogP contribution is -2.17. The maximum absolute atomic E-state index is 12.8. The van der Waals surface area contributed by atoms with Crippen molar-refractivity contribution in [1.82, 2.24) is 0 Å². The van der Waals surface area contributed by atoms with Crippen molar-refractivity contribution >= 4 is 46.5 Å². The Morgan fingerprint density at radius 3 is 1.20 bits per heavy atom. The van der Waals surface area contributed by atoms with Gasteiger partial charge in [-0.1, -0.05) is 48.5 Å². The molecule has 4 N–H and O–H groups in total. The average molecular weight is 697 g/mol. The van der Waals surface area contributed by atoms with Gasteiger partial charge in [0.1, 0.15) is 12.2 Å². The van der Waals surface area contributed by atoms with Crippen LogP contribution in [0.5, 0.6) is 0 Å². The van der Waals surface area contributed by atoms with Gasteiger partial charge in [0.15, 0.2) is 0 Å². The van der Waals surface area contributed by atoms with E-state index in [9.17, 15) is 49.6 Å². The van der Waals surface area contributed by atoms with Crippen molar-refractivity contribution in [3.05, 3.63) is 140 Å². The number of nitro benzene ring substituents is 2. The summed E-state index contributed by atoms with van der Waals surface area (Å²) in [6.45, 7) is 0. The second kappa shape index (κ2) is 15.8. The van der Waals surface area contributed by atoms with E-state index in [1.807, 2.05) is 0 Å². The zero-order chi connectivity index (χ0) is 36.7. The summed E-state index contributed by atoms with van der Waals surface area (Å²) in [4.78, 5) is 69.2. The van der Waals surface area contributed by atoms with E-state index in [0.29, 0.717) is 22.5 Å². The van der Waals surface area contributed by atoms with Gasteiger partial charge in [-0.3, -0.25) is 39.4 Å². The van der Waals surface area contributed by atoms with E-state index in [1.165, 1.54) is 48.5 Å². The molecule has 51 heavy (non-hydrogen) atoms. The lowest BCUT2D eigenvalue weighted by molar-refractivity contribution is -0.385. The van der Waals surface area contributed by atoms with Crippen molar-refractivity contribution < 1.29 is 44.0 Å². The normalized spacial score (nSPS) is 15.9. The molecule has 15 heteroatoms. The third-order valence-electron chi connectivity index (χ3n) is 8.39. The number of carbonyl (C=O) groups is 4. The standard InChI is InChI=1S/C36H32N4O11/c41-31(17-25(19-33(43)44)21-5-13-29(14-6-21)39(47)48)37-27-9-1-23(2-10-27)35-36(51-35)24-3-11-28(12-4-24)38-32(42)18-26(20-34(45)46)22-7-15-30(16-8-22)40(49)50/h1-16,25-26,35-36H,17-20H2,(H,37,41)(H,38,42)(H,43,44)(H,45,46)/t25?,26?,35-,36+. The van der Waals surface area contributed by atoms with E-state index in [-0.39, 0.29) is 49.3 Å². The molecule has 0 radical (unpaired) electrons. The number of hydrogen-bond acceptors (Lipinski definition) is 9. The lowest BCUT2D eigenvalue weighted by atomic mass is 9.92. The van der Waals surface area contributed by atoms with Gasteiger partial charge in [0.25, 0.3) is 11.4 Å². The number of hydrogen-bond donors (Lipinski definition) is 4. The number of carboxylic acids is 2. The highest BCUT2D eigenvalue weighted by Gasteiger charge is 2.41. The van der Waals surface area contributed by atoms with E-state index >= 15 is 0 Å². The molecule has 0 bridgehead atoms. The molecule has 1 saturated heterocycles. The molecule has 0 saturated carbocycles. The highest BCUT2D eigenvalue weighted by atomic mass is 16.6. The molecular formula is C36H32N4O11. The van der Waals surface area contributed by atoms with Gasteiger partial charge in [-0.15, -0.1) is 0 Å². The molecule has 15 nitrogen and oxygen atoms in total. The number of carboxylic acid groups (broad SMARTS) is 2. The monoisotopic (exact) mass is 696 g/mol. The molecule has 4 atom stereocenters. The summed E-state index contributed by atoms with van der Waals surface area (Å²) < 4.78 is 5.88. The molecule has 0 aromatic heterocycles. The molecule has 4 aromatic rings. The number of benzene rings is 4. The Labute approximate surface area is 290 Å². The maximum atomic E-state index is 12.8. The van der Waals surface area contributed by atoms with Crippen LogP contribution in [0.4, 0.5) is 22.7 Å². The second-order valence-electron chi connectivity index (χ2n) is 12.0. The van der Waals surface area contributed by atoms with Gasteiger partial charge in [-0.25, -0.2) is 0 Å². The van der Waals surface area contributed by atoms with Crippen LogP contribution in [-0.4, -0.2) is 43.8 Å². The first-order chi connectivity index (χ1) is 24.4. The Morgan fingerprint density at radius 1 is 0.569 bits per heavy atom. The van der Waals surface area contributed by atoms with Crippen LogP contribution in [0.2, 0.25) is 0 Å². The Kier molecular flexibility index (Phi) is 11.1. The van der Waals surface area contributed by atoms with E-state index in [2.05, 4.69) is 10.6 Å². The number of rotatable bonds is 16. The van der Waals surface area contributed by atoms with E-state index in [0.717, 1.165) is 11.1 Å². The van der Waals surface area contributed by atoms with Crippen molar-refractivity contribution in [3.63, 3.8) is 0 Å². The molecule has 1 aliphatic heterocycles. The van der Waals surface area contributed by atoms with E-state index in [4.69, 9.17) is 4.74 Å². The second-order valence-corrected chi connectivity index (χ2v) is 12.0. The molecule has 1 aliphatic rings. The number of amides is 2. The third-order valence-corrected chi connectivity index (χ3v) is 8.39. The van der Waals surface area contributed by atoms with Crippen molar-refractivity contribution in [1.29, 1.82) is 0 Å². The quantitative estimate of drug-likeness (QED) is 0.0561. The minimum Gasteiger partial charge on any atom is -0.481 e. The Hall–Kier alpha value is -6.48. The van der Waals surface area contributed by atoms with Crippen LogP contribution in [0, 0.1) is 20.2 Å². The Morgan fingerprint density at radius 2 is 0.902 bits per heavy atom. The van der Waals surface area contributed by atoms with Crippen molar-refractivity contribution in [2.45, 2.75) is 49.7 Å². The molecule has 1 fully saturated rings. The lowest BCUT2D eigenvalue weighted by Gasteiger charge is -2.15. The molecule has 4 aromatic carbocycles. The van der Waals surface area contributed by atoms with Gasteiger partial charge >= 0.3 is 11.9 Å². The first-order valence-corrected chi connectivity index (χ1v) is 15.7. The molecule has 2 amide bonds. The summed E-state index contributed by atoms with van der Waals surface area (Å²) in [5, 5.41) is 46.1. The smallest absolute Gasteiger partial charge is 0.303 e. The summed E-state index contributed by atoms with van der Waals surface area (Å²) >= 11 is 0. The van der Waals surface area contributed by atoms with Crippen molar-refractivity contribution in [3.8, 4) is 0 Å². The van der Waals surface area contributed by atoms with Crippen molar-refractivity contribution in [2.24, 2.45) is 0 Å². The number of ether oxygens (including phenoxy) is 1. The van der Waals surface area contributed by atoms with Crippen LogP contribution in [0.1, 0.15) is 72.0 Å². The predicted octanol–water partition coefficient (Wildman–Crippen LogP) is 6.49. The van der Waals surface area contributed by atoms with Gasteiger partial charge in [-0.2, -0.15) is 0 Å². The summed E-state index contributed by atoms with van der Waals surface area (Å²) in [5.74, 6) is -4.39. The molecule has 262 valence electrons. The number of epoxide rings is 1. The first kappa shape index (κ1) is 35.8. The van der Waals surface area contributed by atoms with Gasteiger partial charge < -0.3 is 25.6 Å². The number of nitrogens with zero attached hydrogens (tertiary/aromatic N) is 2. The van der Waals surface area contributed by atoms with Crippen molar-refractivity contribution in [2.75, 3.05) is 10.6 Å². The Balaban J connectivity index is 1.13. The van der Waals surface area contributed by atoms with Crippen LogP contribution in [0.3, 0.4) is 0 Å². The predicted molar refractivity (Wildman–Crippen MR) is 182 cm³/mol. The van der Waals surface area contributed by atoms with Gasteiger partial charge in [-0.05, 0) is 46.5 Å². The highest BCUT2D eigenvalue weighted by molar-refractivity contribution is 5.92. The fraction of sp³-hybridized carbons (Fsp3) is 0.222. The van der Waals surface area contributed by atoms with E-state index in [1.54, 1.807) is 48.5 Å². The van der Waals surface area contributed by atoms with Gasteiger partial charge in [0.05, 0.1) is 22.7 Å². The SMILES string of the molecule is O=C(O)CC(CC(=O)Nc1ccc([C@H]2O[C@H]2c2ccc(NC(=O)CC(CC(=O)O)c3ccc([N+](=O)[O-])cc3)cc2)cc1)c1ccc([N+](=O)[O-])cc1. The van der Waals surface area contributed by atoms with Crippen LogP contribution in [-0.2, 0) is 23.9 Å². The summed E-state index contributed by atoms with van der Waals surface area (Å²) in [7, 11) is 0. The third kappa shape index (κ3) is 9.79. The zero-order valence-electron chi connectivity index (χ0n) is 26.8. The number of non-ortho nitro benzene ring substituents is 2. The minimum absolute atomic E-state index is 0.135. The molecule has 2 unspecified atom stereocenters. The summed E-state index contributed by atoms with van der Waals surface area (Å²) in [5.41, 5.74) is 3.46. The van der Waals surface area contributed by atoms with E-state index < -0.39 is 45.4 Å². The molecular weight excluding hydrogens is 664 g/mol. The number of nitro groups is 2. The summed E-state index contributed by atoms with van der Waals surface area (Å²) in [6.07, 6.45) is -1.41. The fourth-order valence-electron chi connectivity index (χ4n) is 5.78. The zero-order valence-corrected chi connectivity index (χ0v) is 26.8. The molecule has 0 spiro atoms. The largest absolute Gasteiger partial charge is 0.481 e. The highest BCUT2D eigenvalue weighted by Crippen LogP contribution is 2.51. The fourth-order valence-corrected chi connectivity index (χ4v) is 5.78. The van der Waals surface area contributed by atoms with Crippen LogP contribution < -0.4 is 10.6 Å². The Bertz CT molecular complexity index is 1790. The van der Waals surface area contributed by atoms with Gasteiger partial charge in [0, 0.05) is 60.3 Å².